The molecule has 4 aliphatic rings. The van der Waals surface area contributed by atoms with Gasteiger partial charge in [-0.2, -0.15) is 0 Å². The summed E-state index contributed by atoms with van der Waals surface area (Å²) >= 11 is 0. The van der Waals surface area contributed by atoms with Crippen LogP contribution in [0.25, 0.3) is 5.57 Å². The van der Waals surface area contributed by atoms with Gasteiger partial charge in [-0.1, -0.05) is 16.8 Å². The van der Waals surface area contributed by atoms with Crippen LogP contribution in [0.2, 0.25) is 0 Å². The highest BCUT2D eigenvalue weighted by molar-refractivity contribution is 6.12. The molecule has 2 aromatic rings. The molecule has 2 aliphatic heterocycles. The smallest absolute Gasteiger partial charge is 0.271 e. The summed E-state index contributed by atoms with van der Waals surface area (Å²) in [5, 5.41) is 17.9. The summed E-state index contributed by atoms with van der Waals surface area (Å²) in [7, 11) is 1.54. The van der Waals surface area contributed by atoms with Gasteiger partial charge in [0.25, 0.3) is 11.8 Å². The van der Waals surface area contributed by atoms with Crippen LogP contribution in [0.5, 0.6) is 5.75 Å². The molecule has 208 valence electrons. The van der Waals surface area contributed by atoms with E-state index in [1.165, 1.54) is 6.07 Å². The monoisotopic (exact) mass is 548 g/mol. The summed E-state index contributed by atoms with van der Waals surface area (Å²) in [5.74, 6) is -0.790. The summed E-state index contributed by atoms with van der Waals surface area (Å²) in [6.07, 6.45) is 8.42. The number of para-hydroxylation sites is 1. The molecule has 40 heavy (non-hydrogen) atoms. The standard InChI is InChI=1S/C28H30FN7O4/c1-16(19-7-9-28(19)8-4-12-40-28)36-15-17(14-31-36)18-5-3-6-20(24(18)39-2)32-21-13-22(34-35-23(21)25(30)37)33-26(38)27(29)10-11-27/h3,5-6,13-15,19H,4,7-12H2,1-2H3,(H3-,30,32,33,34,37,38)/p+1/b36-16+/t19?,28-/m1/s1. The van der Waals surface area contributed by atoms with E-state index in [9.17, 15) is 14.0 Å². The van der Waals surface area contributed by atoms with Gasteiger partial charge in [0, 0.05) is 25.2 Å². The van der Waals surface area contributed by atoms with Crippen molar-refractivity contribution in [1.29, 1.82) is 0 Å². The van der Waals surface area contributed by atoms with Crippen molar-refractivity contribution in [3.05, 3.63) is 41.7 Å². The summed E-state index contributed by atoms with van der Waals surface area (Å²) in [5.41, 5.74) is 6.91. The van der Waals surface area contributed by atoms with Crippen LogP contribution in [0.3, 0.4) is 0 Å². The molecule has 0 radical (unpaired) electrons. The average Bonchev–Trinajstić information content (AvgIpc) is 3.32. The number of carbonyl (C=O) groups is 2. The van der Waals surface area contributed by atoms with Crippen molar-refractivity contribution in [3.63, 3.8) is 0 Å². The Bertz CT molecular complexity index is 1490. The number of carbonyl (C=O) groups excluding carboxylic acids is 2. The molecular formula is C28H31FN7O4+. The van der Waals surface area contributed by atoms with E-state index in [1.807, 2.05) is 23.0 Å². The van der Waals surface area contributed by atoms with Gasteiger partial charge in [0.15, 0.2) is 22.9 Å². The molecule has 1 unspecified atom stereocenters. The number of aromatic nitrogens is 2. The van der Waals surface area contributed by atoms with Gasteiger partial charge in [0.05, 0.1) is 35.6 Å². The topological polar surface area (TPSA) is 144 Å². The highest BCUT2D eigenvalue weighted by Crippen LogP contribution is 2.49. The maximum atomic E-state index is 14.2. The van der Waals surface area contributed by atoms with Crippen LogP contribution in [0.15, 0.2) is 35.6 Å². The first-order valence-electron chi connectivity index (χ1n) is 13.4. The van der Waals surface area contributed by atoms with Gasteiger partial charge in [-0.15, -0.1) is 10.2 Å². The molecule has 12 heteroatoms. The quantitative estimate of drug-likeness (QED) is 0.428. The van der Waals surface area contributed by atoms with Gasteiger partial charge in [-0.3, -0.25) is 9.59 Å². The zero-order valence-electron chi connectivity index (χ0n) is 22.4. The van der Waals surface area contributed by atoms with Crippen molar-refractivity contribution in [2.45, 2.75) is 56.7 Å². The van der Waals surface area contributed by atoms with Crippen molar-refractivity contribution < 1.29 is 28.1 Å². The fraction of sp³-hybridized carbons (Fsp3) is 0.429. The molecule has 6 rings (SSSR count). The van der Waals surface area contributed by atoms with E-state index >= 15 is 0 Å². The first-order chi connectivity index (χ1) is 19.2. The van der Waals surface area contributed by atoms with Crippen molar-refractivity contribution >= 4 is 46.5 Å². The Balaban J connectivity index is 1.29. The first kappa shape index (κ1) is 26.1. The highest BCUT2D eigenvalue weighted by atomic mass is 19.1. The lowest BCUT2D eigenvalue weighted by molar-refractivity contribution is -0.462. The number of hydrogen-bond donors (Lipinski definition) is 3. The second kappa shape index (κ2) is 9.77. The SMILES string of the molecule is COc1c(Nc2cc(NC(=O)C3(F)CC3)nnc2C(N)=O)cccc1C1=C/[N+](=C(/C)C2CC[C@]23CCCO3)N=C1. The van der Waals surface area contributed by atoms with Crippen LogP contribution in [0.1, 0.15) is 61.5 Å². The van der Waals surface area contributed by atoms with E-state index in [0.717, 1.165) is 49.1 Å². The molecule has 1 spiro atoms. The third kappa shape index (κ3) is 4.51. The largest absolute Gasteiger partial charge is 0.494 e. The zero-order chi connectivity index (χ0) is 28.1. The number of nitrogens with two attached hydrogens (primary N) is 1. The lowest BCUT2D eigenvalue weighted by atomic mass is 9.66. The van der Waals surface area contributed by atoms with Gasteiger partial charge < -0.3 is 25.8 Å². The average molecular weight is 549 g/mol. The van der Waals surface area contributed by atoms with Crippen LogP contribution < -0.4 is 21.1 Å². The molecule has 11 nitrogen and oxygen atoms in total. The number of anilines is 3. The third-order valence-corrected chi connectivity index (χ3v) is 8.24. The Morgan fingerprint density at radius 3 is 2.67 bits per heavy atom. The number of allylic oxidation sites excluding steroid dienone is 1. The molecule has 0 bridgehead atoms. The van der Waals surface area contributed by atoms with Crippen LogP contribution in [0.4, 0.5) is 21.6 Å². The van der Waals surface area contributed by atoms with Gasteiger partial charge >= 0.3 is 0 Å². The maximum absolute atomic E-state index is 14.2. The van der Waals surface area contributed by atoms with Crippen molar-refractivity contribution in [2.75, 3.05) is 24.4 Å². The number of nitrogens with one attached hydrogen (secondary N) is 2. The normalized spacial score (nSPS) is 25.3. The van der Waals surface area contributed by atoms with Crippen molar-refractivity contribution in [2.24, 2.45) is 16.8 Å². The molecule has 3 heterocycles. The Morgan fingerprint density at radius 1 is 1.20 bits per heavy atom. The molecule has 1 saturated heterocycles. The third-order valence-electron chi connectivity index (χ3n) is 8.24. The van der Waals surface area contributed by atoms with Crippen LogP contribution >= 0.6 is 0 Å². The molecule has 4 N–H and O–H groups in total. The number of amides is 2. The zero-order valence-corrected chi connectivity index (χ0v) is 22.4. The van der Waals surface area contributed by atoms with Gasteiger partial charge in [-0.05, 0) is 49.7 Å². The van der Waals surface area contributed by atoms with E-state index in [4.69, 9.17) is 15.2 Å². The lowest BCUT2D eigenvalue weighted by Crippen LogP contribution is -2.51. The molecule has 3 fully saturated rings. The first-order valence-corrected chi connectivity index (χ1v) is 13.4. The molecule has 1 aromatic heterocycles. The van der Waals surface area contributed by atoms with Crippen molar-refractivity contribution in [1.82, 2.24) is 10.2 Å². The predicted molar refractivity (Wildman–Crippen MR) is 147 cm³/mol. The lowest BCUT2D eigenvalue weighted by Gasteiger charge is -2.44. The number of alkyl halides is 1. The minimum absolute atomic E-state index is 0.0103. The van der Waals surface area contributed by atoms with Crippen molar-refractivity contribution in [3.8, 4) is 5.75 Å². The number of ether oxygens (including phenoxy) is 2. The Kier molecular flexibility index (Phi) is 6.37. The van der Waals surface area contributed by atoms with E-state index in [0.29, 0.717) is 17.4 Å². The number of benzene rings is 1. The number of halogens is 1. The molecular weight excluding hydrogens is 517 g/mol. The van der Waals surface area contributed by atoms with Gasteiger partial charge in [0.2, 0.25) is 6.20 Å². The fourth-order valence-corrected chi connectivity index (χ4v) is 5.73. The minimum Gasteiger partial charge on any atom is -0.494 e. The van der Waals surface area contributed by atoms with Crippen LogP contribution in [-0.2, 0) is 9.53 Å². The molecule has 2 amide bonds. The Labute approximate surface area is 230 Å². The van der Waals surface area contributed by atoms with Crippen LogP contribution in [-0.4, -0.2) is 63.6 Å². The van der Waals surface area contributed by atoms with Gasteiger partial charge in [0.1, 0.15) is 12.0 Å². The second-order valence-electron chi connectivity index (χ2n) is 10.7. The van der Waals surface area contributed by atoms with Gasteiger partial charge in [-0.25, -0.2) is 4.39 Å². The Hall–Kier alpha value is -4.19. The van der Waals surface area contributed by atoms with Crippen LogP contribution in [0, 0.1) is 5.92 Å². The van der Waals surface area contributed by atoms with E-state index < -0.39 is 17.5 Å². The molecule has 2 saturated carbocycles. The summed E-state index contributed by atoms with van der Waals surface area (Å²) in [6, 6.07) is 6.90. The number of primary amides is 1. The number of hydrazone groups is 1. The molecule has 2 atom stereocenters. The summed E-state index contributed by atoms with van der Waals surface area (Å²) < 4.78 is 28.0. The molecule has 2 aliphatic carbocycles. The number of hydrogen-bond acceptors (Lipinski definition) is 8. The Morgan fingerprint density at radius 2 is 2.02 bits per heavy atom. The van der Waals surface area contributed by atoms with E-state index in [2.05, 4.69) is 32.9 Å². The number of nitrogens with zero attached hydrogens (tertiary/aromatic N) is 4. The maximum Gasteiger partial charge on any atom is 0.271 e. The summed E-state index contributed by atoms with van der Waals surface area (Å²) in [4.78, 5) is 24.3. The van der Waals surface area contributed by atoms with E-state index in [1.54, 1.807) is 19.4 Å². The number of rotatable bonds is 8. The second-order valence-corrected chi connectivity index (χ2v) is 10.7. The summed E-state index contributed by atoms with van der Waals surface area (Å²) in [6.45, 7) is 2.92. The molecule has 1 aromatic carbocycles. The highest BCUT2D eigenvalue weighted by Gasteiger charge is 2.54. The van der Waals surface area contributed by atoms with E-state index in [-0.39, 0.29) is 35.6 Å². The number of methoxy groups -OCH3 is 1. The minimum atomic E-state index is -1.89. The fourth-order valence-electron chi connectivity index (χ4n) is 5.73. The predicted octanol–water partition coefficient (Wildman–Crippen LogP) is 3.54.